The van der Waals surface area contributed by atoms with Crippen LogP contribution >= 0.6 is 45.2 Å². The summed E-state index contributed by atoms with van der Waals surface area (Å²) in [4.78, 5) is 0. The maximum atomic E-state index is 5.72. The van der Waals surface area contributed by atoms with Crippen LogP contribution in [0.15, 0.2) is 48.5 Å². The van der Waals surface area contributed by atoms with Crippen LogP contribution in [0, 0.1) is 7.14 Å². The molecule has 0 amide bonds. The van der Waals surface area contributed by atoms with Crippen LogP contribution in [-0.2, 0) is 0 Å². The fraction of sp³-hybridized carbons (Fsp3) is 0.200. The van der Waals surface area contributed by atoms with Gasteiger partial charge in [-0.2, -0.15) is 0 Å². The standard InChI is InChI=1S/C15H14I2O2/c16-12-6-1-3-8-14(12)18-10-5-11-19-15-9-4-2-7-13(15)17/h1-4,6-9H,5,10-11H2. The number of rotatable bonds is 6. The predicted octanol–water partition coefficient (Wildman–Crippen LogP) is 4.74. The maximum Gasteiger partial charge on any atom is 0.132 e. The van der Waals surface area contributed by atoms with Crippen LogP contribution in [0.5, 0.6) is 11.5 Å². The summed E-state index contributed by atoms with van der Waals surface area (Å²) in [6.07, 6.45) is 0.871. The van der Waals surface area contributed by atoms with Gasteiger partial charge in [-0.25, -0.2) is 0 Å². The van der Waals surface area contributed by atoms with Crippen molar-refractivity contribution in [1.29, 1.82) is 0 Å². The second-order valence-corrected chi connectivity index (χ2v) is 6.24. The quantitative estimate of drug-likeness (QED) is 0.440. The summed E-state index contributed by atoms with van der Waals surface area (Å²) in [5.41, 5.74) is 0. The monoisotopic (exact) mass is 480 g/mol. The van der Waals surface area contributed by atoms with E-state index < -0.39 is 0 Å². The highest BCUT2D eigenvalue weighted by molar-refractivity contribution is 14.1. The van der Waals surface area contributed by atoms with Crippen molar-refractivity contribution < 1.29 is 9.47 Å². The molecule has 0 aromatic heterocycles. The van der Waals surface area contributed by atoms with Crippen LogP contribution in [0.25, 0.3) is 0 Å². The summed E-state index contributed by atoms with van der Waals surface area (Å²) in [6, 6.07) is 16.0. The Morgan fingerprint density at radius 2 is 1.11 bits per heavy atom. The van der Waals surface area contributed by atoms with Gasteiger partial charge in [0.2, 0.25) is 0 Å². The minimum atomic E-state index is 0.670. The molecule has 0 aliphatic carbocycles. The summed E-state index contributed by atoms with van der Waals surface area (Å²) in [5.74, 6) is 1.88. The summed E-state index contributed by atoms with van der Waals surface area (Å²) in [5, 5.41) is 0. The van der Waals surface area contributed by atoms with E-state index in [1.165, 1.54) is 0 Å². The molecule has 2 nitrogen and oxygen atoms in total. The highest BCUT2D eigenvalue weighted by Gasteiger charge is 2.00. The van der Waals surface area contributed by atoms with E-state index in [1.807, 2.05) is 48.5 Å². The molecule has 100 valence electrons. The molecule has 2 aromatic carbocycles. The van der Waals surface area contributed by atoms with Crippen LogP contribution in [0.3, 0.4) is 0 Å². The van der Waals surface area contributed by atoms with Gasteiger partial charge in [0.1, 0.15) is 11.5 Å². The molecule has 0 unspecified atom stereocenters. The third-order valence-electron chi connectivity index (χ3n) is 2.48. The van der Waals surface area contributed by atoms with E-state index in [2.05, 4.69) is 45.2 Å². The summed E-state index contributed by atoms with van der Waals surface area (Å²) < 4.78 is 13.7. The Labute approximate surface area is 140 Å². The molecule has 2 rings (SSSR count). The summed E-state index contributed by atoms with van der Waals surface area (Å²) >= 11 is 4.56. The van der Waals surface area contributed by atoms with Gasteiger partial charge in [0, 0.05) is 6.42 Å². The van der Waals surface area contributed by atoms with Crippen molar-refractivity contribution in [2.75, 3.05) is 13.2 Å². The Morgan fingerprint density at radius 1 is 0.684 bits per heavy atom. The largest absolute Gasteiger partial charge is 0.492 e. The molecule has 0 atom stereocenters. The minimum absolute atomic E-state index is 0.670. The number of ether oxygens (including phenoxy) is 2. The fourth-order valence-electron chi connectivity index (χ4n) is 1.55. The van der Waals surface area contributed by atoms with Crippen LogP contribution < -0.4 is 9.47 Å². The van der Waals surface area contributed by atoms with Crippen molar-refractivity contribution in [1.82, 2.24) is 0 Å². The van der Waals surface area contributed by atoms with Crippen LogP contribution in [0.2, 0.25) is 0 Å². The molecule has 0 fully saturated rings. The average Bonchev–Trinajstić information content (AvgIpc) is 2.42. The van der Waals surface area contributed by atoms with Gasteiger partial charge in [0.15, 0.2) is 0 Å². The summed E-state index contributed by atoms with van der Waals surface area (Å²) in [6.45, 7) is 1.34. The molecule has 19 heavy (non-hydrogen) atoms. The summed E-state index contributed by atoms with van der Waals surface area (Å²) in [7, 11) is 0. The second kappa shape index (κ2) is 7.94. The number of benzene rings is 2. The molecule has 0 bridgehead atoms. The lowest BCUT2D eigenvalue weighted by Gasteiger charge is -2.10. The molecule has 0 N–H and O–H groups in total. The van der Waals surface area contributed by atoms with Crippen molar-refractivity contribution in [3.05, 3.63) is 55.7 Å². The first-order valence-corrected chi connectivity index (χ1v) is 8.18. The third-order valence-corrected chi connectivity index (χ3v) is 4.26. The van der Waals surface area contributed by atoms with Gasteiger partial charge in [-0.3, -0.25) is 0 Å². The number of hydrogen-bond acceptors (Lipinski definition) is 2. The van der Waals surface area contributed by atoms with Gasteiger partial charge in [-0.15, -0.1) is 0 Å². The molecule has 0 saturated carbocycles. The highest BCUT2D eigenvalue weighted by Crippen LogP contribution is 2.21. The van der Waals surface area contributed by atoms with Crippen molar-refractivity contribution >= 4 is 45.2 Å². The molecule has 0 saturated heterocycles. The highest BCUT2D eigenvalue weighted by atomic mass is 127. The van der Waals surface area contributed by atoms with Gasteiger partial charge >= 0.3 is 0 Å². The van der Waals surface area contributed by atoms with Crippen molar-refractivity contribution in [3.63, 3.8) is 0 Å². The molecule has 2 aromatic rings. The average molecular weight is 480 g/mol. The first-order valence-electron chi connectivity index (χ1n) is 6.02. The zero-order valence-electron chi connectivity index (χ0n) is 10.3. The Bertz CT molecular complexity index is 482. The molecular weight excluding hydrogens is 466 g/mol. The van der Waals surface area contributed by atoms with Gasteiger partial charge < -0.3 is 9.47 Å². The molecule has 0 spiro atoms. The Balaban J connectivity index is 1.71. The lowest BCUT2D eigenvalue weighted by molar-refractivity contribution is 0.245. The van der Waals surface area contributed by atoms with E-state index >= 15 is 0 Å². The van der Waals surface area contributed by atoms with Crippen molar-refractivity contribution in [2.24, 2.45) is 0 Å². The molecule has 0 aliphatic heterocycles. The first kappa shape index (κ1) is 14.9. The molecule has 4 heteroatoms. The Kier molecular flexibility index (Phi) is 6.22. The van der Waals surface area contributed by atoms with Crippen molar-refractivity contribution in [2.45, 2.75) is 6.42 Å². The Morgan fingerprint density at radius 3 is 1.53 bits per heavy atom. The van der Waals surface area contributed by atoms with Gasteiger partial charge in [-0.1, -0.05) is 24.3 Å². The number of hydrogen-bond donors (Lipinski definition) is 0. The van der Waals surface area contributed by atoms with Gasteiger partial charge in [0.25, 0.3) is 0 Å². The predicted molar refractivity (Wildman–Crippen MR) is 93.9 cm³/mol. The topological polar surface area (TPSA) is 18.5 Å². The SMILES string of the molecule is Ic1ccccc1OCCCOc1ccccc1I. The first-order chi connectivity index (χ1) is 9.27. The second-order valence-electron chi connectivity index (χ2n) is 3.91. The molecule has 0 heterocycles. The molecular formula is C15H14I2O2. The number of halogens is 2. The van der Waals surface area contributed by atoms with E-state index in [0.29, 0.717) is 13.2 Å². The zero-order chi connectivity index (χ0) is 13.5. The smallest absolute Gasteiger partial charge is 0.132 e. The van der Waals surface area contributed by atoms with Crippen LogP contribution in [0.4, 0.5) is 0 Å². The maximum absolute atomic E-state index is 5.72. The molecule has 0 radical (unpaired) electrons. The normalized spacial score (nSPS) is 10.2. The Hall–Kier alpha value is -0.500. The number of para-hydroxylation sites is 2. The molecule has 0 aliphatic rings. The van der Waals surface area contributed by atoms with Crippen molar-refractivity contribution in [3.8, 4) is 11.5 Å². The minimum Gasteiger partial charge on any atom is -0.492 e. The fourth-order valence-corrected chi connectivity index (χ4v) is 2.63. The lowest BCUT2D eigenvalue weighted by Crippen LogP contribution is -2.06. The van der Waals surface area contributed by atoms with Crippen LogP contribution in [0.1, 0.15) is 6.42 Å². The lowest BCUT2D eigenvalue weighted by atomic mass is 10.3. The van der Waals surface area contributed by atoms with Gasteiger partial charge in [0.05, 0.1) is 20.4 Å². The van der Waals surface area contributed by atoms with Gasteiger partial charge in [-0.05, 0) is 69.4 Å². The third kappa shape index (κ3) is 4.83. The van der Waals surface area contributed by atoms with E-state index in [1.54, 1.807) is 0 Å². The van der Waals surface area contributed by atoms with Crippen LogP contribution in [-0.4, -0.2) is 13.2 Å². The van der Waals surface area contributed by atoms with E-state index in [4.69, 9.17) is 9.47 Å². The zero-order valence-corrected chi connectivity index (χ0v) is 14.6. The van der Waals surface area contributed by atoms with E-state index in [9.17, 15) is 0 Å². The van der Waals surface area contributed by atoms with E-state index in [-0.39, 0.29) is 0 Å². The van der Waals surface area contributed by atoms with E-state index in [0.717, 1.165) is 25.1 Å².